The number of ether oxygens (including phenoxy) is 1. The van der Waals surface area contributed by atoms with Crippen molar-refractivity contribution in [2.75, 3.05) is 6.61 Å². The van der Waals surface area contributed by atoms with Gasteiger partial charge in [-0.1, -0.05) is 11.6 Å². The smallest absolute Gasteiger partial charge is 0.433 e. The maximum absolute atomic E-state index is 11.4. The van der Waals surface area contributed by atoms with Crippen LogP contribution in [0.5, 0.6) is 0 Å². The van der Waals surface area contributed by atoms with Crippen LogP contribution in [-0.4, -0.2) is 33.6 Å². The molecule has 28 heavy (non-hydrogen) atoms. The molecule has 10 nitrogen and oxygen atoms in total. The zero-order chi connectivity index (χ0) is 20.1. The Hall–Kier alpha value is -3.66. The first-order valence-corrected chi connectivity index (χ1v) is 8.41. The SMILES string of the molecule is CCOC(=O)N/N=C/c1cn(-c2ccc(Cl)cc2)nc1-c1ccc([N+](=O)[O-])o1. The maximum atomic E-state index is 11.4. The lowest BCUT2D eigenvalue weighted by atomic mass is 10.2. The molecule has 0 aliphatic heterocycles. The summed E-state index contributed by atoms with van der Waals surface area (Å²) < 4.78 is 11.5. The first-order valence-electron chi connectivity index (χ1n) is 8.04. The lowest BCUT2D eigenvalue weighted by Crippen LogP contribution is -2.18. The van der Waals surface area contributed by atoms with E-state index in [0.29, 0.717) is 22.0 Å². The van der Waals surface area contributed by atoms with Gasteiger partial charge in [-0.15, -0.1) is 0 Å². The average Bonchev–Trinajstić information content (AvgIpc) is 3.30. The molecule has 2 aromatic heterocycles. The lowest BCUT2D eigenvalue weighted by Gasteiger charge is -2.00. The van der Waals surface area contributed by atoms with E-state index in [0.717, 1.165) is 0 Å². The molecule has 3 rings (SSSR count). The van der Waals surface area contributed by atoms with Gasteiger partial charge in [-0.25, -0.2) is 14.9 Å². The van der Waals surface area contributed by atoms with E-state index in [9.17, 15) is 14.9 Å². The fraction of sp³-hybridized carbons (Fsp3) is 0.118. The van der Waals surface area contributed by atoms with Crippen LogP contribution in [0.1, 0.15) is 12.5 Å². The maximum Gasteiger partial charge on any atom is 0.433 e. The Balaban J connectivity index is 1.97. The van der Waals surface area contributed by atoms with E-state index >= 15 is 0 Å². The number of halogens is 1. The van der Waals surface area contributed by atoms with E-state index in [2.05, 4.69) is 15.6 Å². The van der Waals surface area contributed by atoms with Gasteiger partial charge >= 0.3 is 12.0 Å². The molecule has 11 heteroatoms. The van der Waals surface area contributed by atoms with Crippen molar-refractivity contribution in [3.8, 4) is 17.1 Å². The van der Waals surface area contributed by atoms with Crippen LogP contribution in [0.25, 0.3) is 17.1 Å². The molecule has 2 heterocycles. The number of rotatable bonds is 6. The molecule has 1 N–H and O–H groups in total. The minimum atomic E-state index is -0.709. The number of nitrogens with one attached hydrogen (secondary N) is 1. The highest BCUT2D eigenvalue weighted by Crippen LogP contribution is 2.28. The van der Waals surface area contributed by atoms with Crippen LogP contribution in [0, 0.1) is 10.1 Å². The second-order valence-electron chi connectivity index (χ2n) is 5.34. The Kier molecular flexibility index (Phi) is 5.70. The number of hydrazone groups is 1. The van der Waals surface area contributed by atoms with Crippen molar-refractivity contribution in [1.82, 2.24) is 15.2 Å². The second-order valence-corrected chi connectivity index (χ2v) is 5.78. The first kappa shape index (κ1) is 19.1. The van der Waals surface area contributed by atoms with Gasteiger partial charge < -0.3 is 9.15 Å². The Bertz CT molecular complexity index is 1020. The van der Waals surface area contributed by atoms with Gasteiger partial charge in [0.05, 0.1) is 24.6 Å². The van der Waals surface area contributed by atoms with Crippen molar-refractivity contribution in [1.29, 1.82) is 0 Å². The normalized spacial score (nSPS) is 10.9. The Morgan fingerprint density at radius 1 is 1.39 bits per heavy atom. The van der Waals surface area contributed by atoms with Crippen LogP contribution < -0.4 is 5.43 Å². The van der Waals surface area contributed by atoms with Gasteiger partial charge in [0.2, 0.25) is 0 Å². The Morgan fingerprint density at radius 2 is 2.14 bits per heavy atom. The van der Waals surface area contributed by atoms with E-state index in [-0.39, 0.29) is 12.4 Å². The van der Waals surface area contributed by atoms with Gasteiger partial charge in [0, 0.05) is 16.8 Å². The predicted octanol–water partition coefficient (Wildman–Crippen LogP) is 3.77. The van der Waals surface area contributed by atoms with E-state index in [1.54, 1.807) is 37.4 Å². The number of aromatic nitrogens is 2. The summed E-state index contributed by atoms with van der Waals surface area (Å²) in [7, 11) is 0. The summed E-state index contributed by atoms with van der Waals surface area (Å²) in [6, 6.07) is 9.57. The van der Waals surface area contributed by atoms with Crippen LogP contribution in [0.15, 0.2) is 52.1 Å². The molecule has 144 valence electrons. The van der Waals surface area contributed by atoms with Crippen LogP contribution in [0.3, 0.4) is 0 Å². The van der Waals surface area contributed by atoms with Crippen molar-refractivity contribution >= 4 is 29.8 Å². The molecule has 0 radical (unpaired) electrons. The van der Waals surface area contributed by atoms with Gasteiger partial charge in [-0.2, -0.15) is 10.2 Å². The number of hydrogen-bond acceptors (Lipinski definition) is 7. The summed E-state index contributed by atoms with van der Waals surface area (Å²) in [5, 5.41) is 19.7. The highest BCUT2D eigenvalue weighted by Gasteiger charge is 2.19. The molecule has 0 bridgehead atoms. The summed E-state index contributed by atoms with van der Waals surface area (Å²) in [4.78, 5) is 21.6. The van der Waals surface area contributed by atoms with Crippen LogP contribution >= 0.6 is 11.6 Å². The fourth-order valence-electron chi connectivity index (χ4n) is 2.27. The standard InChI is InChI=1S/C17H14ClN5O5/c1-2-27-17(24)20-19-9-11-10-22(13-5-3-12(18)4-6-13)21-16(11)14-7-8-15(28-14)23(25)26/h3-10H,2H2,1H3,(H,20,24)/b19-9+. The van der Waals surface area contributed by atoms with Gasteiger partial charge in [0.1, 0.15) is 10.6 Å². The summed E-state index contributed by atoms with van der Waals surface area (Å²) in [5.74, 6) is -0.236. The minimum Gasteiger partial charge on any atom is -0.449 e. The highest BCUT2D eigenvalue weighted by molar-refractivity contribution is 6.30. The summed E-state index contributed by atoms with van der Waals surface area (Å²) in [6.07, 6.45) is 2.25. The number of carbonyl (C=O) groups is 1. The number of benzene rings is 1. The monoisotopic (exact) mass is 403 g/mol. The van der Waals surface area contributed by atoms with Crippen LogP contribution in [0.2, 0.25) is 5.02 Å². The molecule has 0 saturated carbocycles. The Morgan fingerprint density at radius 3 is 2.79 bits per heavy atom. The molecule has 0 aliphatic rings. The highest BCUT2D eigenvalue weighted by atomic mass is 35.5. The lowest BCUT2D eigenvalue weighted by molar-refractivity contribution is -0.401. The van der Waals surface area contributed by atoms with Gasteiger partial charge in [-0.3, -0.25) is 10.1 Å². The Labute approximate surface area is 163 Å². The predicted molar refractivity (Wildman–Crippen MR) is 101 cm³/mol. The number of nitrogens with zero attached hydrogens (tertiary/aromatic N) is 4. The van der Waals surface area contributed by atoms with Crippen molar-refractivity contribution in [3.05, 3.63) is 63.3 Å². The van der Waals surface area contributed by atoms with E-state index in [1.165, 1.54) is 23.0 Å². The average molecular weight is 404 g/mol. The fourth-order valence-corrected chi connectivity index (χ4v) is 2.40. The molecule has 0 saturated heterocycles. The topological polar surface area (TPSA) is 125 Å². The molecule has 3 aromatic rings. The zero-order valence-electron chi connectivity index (χ0n) is 14.5. The van der Waals surface area contributed by atoms with Crippen molar-refractivity contribution in [3.63, 3.8) is 0 Å². The molecule has 0 unspecified atom stereocenters. The molecular weight excluding hydrogens is 390 g/mol. The number of hydrogen-bond donors (Lipinski definition) is 1. The summed E-state index contributed by atoms with van der Waals surface area (Å²) in [5.41, 5.74) is 3.66. The molecule has 0 fully saturated rings. The quantitative estimate of drug-likeness (QED) is 0.379. The van der Waals surface area contributed by atoms with Crippen molar-refractivity contribution in [2.45, 2.75) is 6.92 Å². The van der Waals surface area contributed by atoms with E-state index < -0.39 is 16.9 Å². The van der Waals surface area contributed by atoms with Gasteiger partial charge in [-0.05, 0) is 37.3 Å². The van der Waals surface area contributed by atoms with Crippen molar-refractivity contribution in [2.24, 2.45) is 5.10 Å². The largest absolute Gasteiger partial charge is 0.449 e. The zero-order valence-corrected chi connectivity index (χ0v) is 15.3. The molecule has 0 atom stereocenters. The second kappa shape index (κ2) is 8.35. The summed E-state index contributed by atoms with van der Waals surface area (Å²) in [6.45, 7) is 1.87. The third-order valence-corrected chi connectivity index (χ3v) is 3.73. The van der Waals surface area contributed by atoms with Gasteiger partial charge in [0.25, 0.3) is 0 Å². The van der Waals surface area contributed by atoms with E-state index in [4.69, 9.17) is 20.8 Å². The van der Waals surface area contributed by atoms with Crippen LogP contribution in [-0.2, 0) is 4.74 Å². The number of amides is 1. The summed E-state index contributed by atoms with van der Waals surface area (Å²) >= 11 is 5.91. The molecule has 0 aliphatic carbocycles. The van der Waals surface area contributed by atoms with Gasteiger partial charge in [0.15, 0.2) is 5.76 Å². The van der Waals surface area contributed by atoms with Crippen LogP contribution in [0.4, 0.5) is 10.7 Å². The molecule has 1 amide bonds. The number of carbonyl (C=O) groups excluding carboxylic acids is 1. The third-order valence-electron chi connectivity index (χ3n) is 3.47. The molecular formula is C17H14ClN5O5. The molecule has 1 aromatic carbocycles. The number of furan rings is 1. The molecule has 0 spiro atoms. The van der Waals surface area contributed by atoms with E-state index in [1.807, 2.05) is 0 Å². The first-order chi connectivity index (χ1) is 13.5. The number of nitro groups is 1. The minimum absolute atomic E-state index is 0.178. The third kappa shape index (κ3) is 4.35. The van der Waals surface area contributed by atoms with Crippen molar-refractivity contribution < 1.29 is 18.9 Å².